The molecule has 0 bridgehead atoms. The molecule has 1 amide bonds. The first-order chi connectivity index (χ1) is 6.99. The highest BCUT2D eigenvalue weighted by atomic mass is 16.5. The Bertz CT molecular complexity index is 271. The van der Waals surface area contributed by atoms with Gasteiger partial charge in [-0.15, -0.1) is 0 Å². The van der Waals surface area contributed by atoms with Crippen molar-refractivity contribution >= 4 is 12.1 Å². The fourth-order valence-electron chi connectivity index (χ4n) is 1.55. The van der Waals surface area contributed by atoms with Gasteiger partial charge in [0.1, 0.15) is 0 Å². The van der Waals surface area contributed by atoms with Crippen LogP contribution in [0.2, 0.25) is 0 Å². The van der Waals surface area contributed by atoms with E-state index in [1.807, 2.05) is 0 Å². The van der Waals surface area contributed by atoms with Crippen LogP contribution in [0.15, 0.2) is 0 Å². The predicted octanol–water partition coefficient (Wildman–Crippen LogP) is 1.08. The van der Waals surface area contributed by atoms with Crippen LogP contribution < -0.4 is 0 Å². The highest BCUT2D eigenvalue weighted by molar-refractivity contribution is 5.72. The molecular weight excluding hydrogens is 186 g/mol. The summed E-state index contributed by atoms with van der Waals surface area (Å²) in [4.78, 5) is 23.0. The molecule has 5 nitrogen and oxygen atoms in total. The number of methoxy groups -OCH3 is 1. The normalized spacial score (nSPS) is 28.1. The zero-order valence-electron chi connectivity index (χ0n) is 9.15. The van der Waals surface area contributed by atoms with Crippen LogP contribution in [0.1, 0.15) is 27.1 Å². The van der Waals surface area contributed by atoms with Gasteiger partial charge >= 0.3 is 12.1 Å². The summed E-state index contributed by atoms with van der Waals surface area (Å²) < 4.78 is 12.5. The number of esters is 1. The third kappa shape index (κ3) is 2.61. The average Bonchev–Trinajstić information content (AvgIpc) is 2.17. The number of carbonyl (C=O) groups excluding carboxylic acids is 1. The molecule has 0 saturated carbocycles. The first kappa shape index (κ1) is 9.30. The third-order valence-electron chi connectivity index (χ3n) is 2.29. The third-order valence-corrected chi connectivity index (χ3v) is 2.29. The second kappa shape index (κ2) is 4.83. The Kier molecular flexibility index (Phi) is 3.21. The Morgan fingerprint density at radius 3 is 2.93 bits per heavy atom. The second-order valence-corrected chi connectivity index (χ2v) is 3.21. The van der Waals surface area contributed by atoms with Gasteiger partial charge in [0.15, 0.2) is 0 Å². The Morgan fingerprint density at radius 2 is 2.36 bits per heavy atom. The van der Waals surface area contributed by atoms with E-state index in [9.17, 15) is 9.59 Å². The zero-order valence-corrected chi connectivity index (χ0v) is 8.15. The molecule has 0 aromatic rings. The van der Waals surface area contributed by atoms with Gasteiger partial charge in [-0.3, -0.25) is 4.79 Å². The van der Waals surface area contributed by atoms with Crippen molar-refractivity contribution in [2.45, 2.75) is 31.7 Å². The molecule has 0 spiro atoms. The molecule has 5 heteroatoms. The molecule has 1 rings (SSSR count). The lowest BCUT2D eigenvalue weighted by Gasteiger charge is -2.32. The van der Waals surface area contributed by atoms with Crippen molar-refractivity contribution in [1.29, 1.82) is 0 Å². The van der Waals surface area contributed by atoms with Gasteiger partial charge in [-0.1, -0.05) is 0 Å². The highest BCUT2D eigenvalue weighted by Gasteiger charge is 2.28. The van der Waals surface area contributed by atoms with Crippen LogP contribution in [0.3, 0.4) is 0 Å². The molecule has 1 saturated heterocycles. The molecule has 0 aliphatic carbocycles. The van der Waals surface area contributed by atoms with E-state index >= 15 is 0 Å². The predicted molar refractivity (Wildman–Crippen MR) is 49.0 cm³/mol. The lowest BCUT2D eigenvalue weighted by molar-refractivity contribution is -0.142. The minimum atomic E-state index is -1.35. The molecule has 0 radical (unpaired) electrons. The van der Waals surface area contributed by atoms with Crippen LogP contribution in [0.5, 0.6) is 0 Å². The maximum absolute atomic E-state index is 11.1. The van der Waals surface area contributed by atoms with E-state index in [0.29, 0.717) is 13.0 Å². The van der Waals surface area contributed by atoms with E-state index in [1.165, 1.54) is 7.11 Å². The molecule has 1 fully saturated rings. The Balaban J connectivity index is 2.76. The van der Waals surface area contributed by atoms with Gasteiger partial charge in [-0.05, 0) is 19.3 Å². The number of carbonyl (C=O) groups is 2. The first-order valence-corrected chi connectivity index (χ1v) is 4.57. The lowest BCUT2D eigenvalue weighted by atomic mass is 10.00. The van der Waals surface area contributed by atoms with Crippen LogP contribution in [-0.2, 0) is 9.53 Å². The number of carboxylic acid groups (broad SMARTS) is 1. The summed E-state index contributed by atoms with van der Waals surface area (Å²) in [6.45, 7) is 0.315. The number of rotatable bonds is 2. The van der Waals surface area contributed by atoms with E-state index in [1.54, 1.807) is 0 Å². The molecule has 0 aromatic carbocycles. The van der Waals surface area contributed by atoms with Crippen molar-refractivity contribution in [3.05, 3.63) is 0 Å². The van der Waals surface area contributed by atoms with Crippen molar-refractivity contribution in [1.82, 2.24) is 4.90 Å². The first-order valence-electron chi connectivity index (χ1n) is 5.07. The molecule has 14 heavy (non-hydrogen) atoms. The number of likely N-dealkylation sites (tertiary alicyclic amines) is 1. The average molecular weight is 202 g/mol. The van der Waals surface area contributed by atoms with Crippen molar-refractivity contribution in [2.24, 2.45) is 0 Å². The summed E-state index contributed by atoms with van der Waals surface area (Å²) in [6, 6.07) is -1.35. The van der Waals surface area contributed by atoms with Gasteiger partial charge in [-0.25, -0.2) is 4.79 Å². The summed E-state index contributed by atoms with van der Waals surface area (Å²) in [5.74, 6) is -0.543. The number of hydrogen-bond donors (Lipinski definition) is 1. The zero-order chi connectivity index (χ0) is 11.5. The van der Waals surface area contributed by atoms with Crippen LogP contribution in [-0.4, -0.2) is 41.7 Å². The number of amides is 1. The molecule has 80 valence electrons. The minimum Gasteiger partial charge on any atom is -0.469 e. The number of hydrogen-bond acceptors (Lipinski definition) is 3. The summed E-state index contributed by atoms with van der Waals surface area (Å²) in [5.41, 5.74) is 0. The standard InChI is InChI=1S/C9H15NO4/c1-14-8(11)6-7-4-2-3-5-10(7)9(12)13/h7H,2-6H2,1H3,(H,12,13)/t7-/m0/s1/i7D. The SMILES string of the molecule is [2H][C@@]1(CC(=O)OC)CCCCN1C(=O)O. The summed E-state index contributed by atoms with van der Waals surface area (Å²) >= 11 is 0. The minimum absolute atomic E-state index is 0.199. The molecule has 0 unspecified atom stereocenters. The van der Waals surface area contributed by atoms with Crippen molar-refractivity contribution < 1.29 is 20.8 Å². The number of nitrogens with zero attached hydrogens (tertiary/aromatic N) is 1. The van der Waals surface area contributed by atoms with Gasteiger partial charge in [0.25, 0.3) is 0 Å². The fraction of sp³-hybridized carbons (Fsp3) is 0.778. The Morgan fingerprint density at radius 1 is 1.64 bits per heavy atom. The monoisotopic (exact) mass is 202 g/mol. The maximum atomic E-state index is 11.1. The van der Waals surface area contributed by atoms with E-state index in [4.69, 9.17) is 6.48 Å². The largest absolute Gasteiger partial charge is 0.469 e. The van der Waals surface area contributed by atoms with Crippen LogP contribution in [0.4, 0.5) is 4.79 Å². The Labute approximate surface area is 84.0 Å². The van der Waals surface area contributed by atoms with Gasteiger partial charge in [0.05, 0.1) is 14.9 Å². The van der Waals surface area contributed by atoms with Gasteiger partial charge in [0.2, 0.25) is 0 Å². The Hall–Kier alpha value is -1.26. The second-order valence-electron chi connectivity index (χ2n) is 3.21. The van der Waals surface area contributed by atoms with Crippen LogP contribution in [0, 0.1) is 0 Å². The van der Waals surface area contributed by atoms with Crippen molar-refractivity contribution in [3.8, 4) is 0 Å². The maximum Gasteiger partial charge on any atom is 0.407 e. The van der Waals surface area contributed by atoms with E-state index in [2.05, 4.69) is 4.74 Å². The van der Waals surface area contributed by atoms with Crippen molar-refractivity contribution in [3.63, 3.8) is 0 Å². The molecule has 0 aromatic heterocycles. The van der Waals surface area contributed by atoms with E-state index < -0.39 is 18.1 Å². The fourth-order valence-corrected chi connectivity index (χ4v) is 1.55. The smallest absolute Gasteiger partial charge is 0.407 e. The summed E-state index contributed by atoms with van der Waals surface area (Å²) in [6.07, 6.45) is 0.552. The highest BCUT2D eigenvalue weighted by Crippen LogP contribution is 2.19. The van der Waals surface area contributed by atoms with Gasteiger partial charge in [-0.2, -0.15) is 0 Å². The molecule has 1 aliphatic rings. The van der Waals surface area contributed by atoms with Gasteiger partial charge < -0.3 is 14.7 Å². The topological polar surface area (TPSA) is 66.8 Å². The van der Waals surface area contributed by atoms with E-state index in [0.717, 1.165) is 17.7 Å². The quantitative estimate of drug-likeness (QED) is 0.680. The van der Waals surface area contributed by atoms with Crippen molar-refractivity contribution in [2.75, 3.05) is 13.7 Å². The number of piperidine rings is 1. The van der Waals surface area contributed by atoms with Crippen LogP contribution in [0.25, 0.3) is 0 Å². The lowest BCUT2D eigenvalue weighted by Crippen LogP contribution is -2.44. The number of ether oxygens (including phenoxy) is 1. The molecule has 1 aliphatic heterocycles. The van der Waals surface area contributed by atoms with E-state index in [-0.39, 0.29) is 6.42 Å². The molecule has 1 heterocycles. The summed E-state index contributed by atoms with van der Waals surface area (Å²) in [5, 5.41) is 8.91. The molecule has 1 atom stereocenters. The van der Waals surface area contributed by atoms with Crippen LogP contribution >= 0.6 is 0 Å². The molecular formula is C9H15NO4. The molecule has 1 N–H and O–H groups in total. The van der Waals surface area contributed by atoms with Gasteiger partial charge in [0, 0.05) is 12.6 Å². The summed E-state index contributed by atoms with van der Waals surface area (Å²) in [7, 11) is 1.24.